The van der Waals surface area contributed by atoms with E-state index in [0.717, 1.165) is 5.39 Å². The third kappa shape index (κ3) is 6.08. The topological polar surface area (TPSA) is 109 Å². The zero-order valence-corrected chi connectivity index (χ0v) is 19.0. The molecule has 0 aliphatic rings. The summed E-state index contributed by atoms with van der Waals surface area (Å²) in [6.45, 7) is 1.07. The average molecular weight is 502 g/mol. The Bertz CT molecular complexity index is 1330. The molecule has 0 spiro atoms. The summed E-state index contributed by atoms with van der Waals surface area (Å²) in [5.74, 6) is -1.01. The molecule has 36 heavy (non-hydrogen) atoms. The molecule has 2 aromatic carbocycles. The number of ether oxygens (including phenoxy) is 3. The number of hydrogen-bond acceptors (Lipinski definition) is 8. The lowest BCUT2D eigenvalue weighted by Gasteiger charge is -2.12. The van der Waals surface area contributed by atoms with Crippen molar-refractivity contribution in [2.45, 2.75) is 6.18 Å². The number of amides is 1. The van der Waals surface area contributed by atoms with Gasteiger partial charge < -0.3 is 24.1 Å². The van der Waals surface area contributed by atoms with Crippen molar-refractivity contribution >= 4 is 16.8 Å². The maximum Gasteiger partial charge on any atom is 0.471 e. The predicted molar refractivity (Wildman–Crippen MR) is 122 cm³/mol. The van der Waals surface area contributed by atoms with Gasteiger partial charge in [0.15, 0.2) is 0 Å². The fourth-order valence-corrected chi connectivity index (χ4v) is 3.19. The van der Waals surface area contributed by atoms with E-state index in [4.69, 9.17) is 14.2 Å². The van der Waals surface area contributed by atoms with Crippen LogP contribution in [0.1, 0.15) is 16.4 Å². The van der Waals surface area contributed by atoms with Crippen LogP contribution in [0.4, 0.5) is 13.2 Å². The van der Waals surface area contributed by atoms with Gasteiger partial charge in [-0.05, 0) is 36.4 Å². The Kier molecular flexibility index (Phi) is 7.64. The normalized spacial score (nSPS) is 11.4. The second-order valence-electron chi connectivity index (χ2n) is 7.41. The van der Waals surface area contributed by atoms with Crippen LogP contribution in [0.3, 0.4) is 0 Å². The van der Waals surface area contributed by atoms with Crippen LogP contribution in [0.2, 0.25) is 0 Å². The molecule has 12 heteroatoms. The number of hydrogen-bond donors (Lipinski definition) is 1. The Morgan fingerprint density at radius 2 is 1.78 bits per heavy atom. The van der Waals surface area contributed by atoms with Crippen molar-refractivity contribution in [1.29, 1.82) is 0 Å². The summed E-state index contributed by atoms with van der Waals surface area (Å²) in [7, 11) is 1.57. The Morgan fingerprint density at radius 1 is 1.00 bits per heavy atom. The fourth-order valence-electron chi connectivity index (χ4n) is 3.19. The quantitative estimate of drug-likeness (QED) is 0.323. The summed E-state index contributed by atoms with van der Waals surface area (Å²) in [5, 5.41) is 6.86. The van der Waals surface area contributed by atoms with Gasteiger partial charge in [0, 0.05) is 24.1 Å². The van der Waals surface area contributed by atoms with Gasteiger partial charge in [-0.25, -0.2) is 4.98 Å². The van der Waals surface area contributed by atoms with Gasteiger partial charge in [-0.3, -0.25) is 4.79 Å². The summed E-state index contributed by atoms with van der Waals surface area (Å²) in [4.78, 5) is 20.4. The van der Waals surface area contributed by atoms with Crippen molar-refractivity contribution in [2.24, 2.45) is 0 Å². The smallest absolute Gasteiger partial charge is 0.471 e. The minimum atomic E-state index is -4.71. The monoisotopic (exact) mass is 502 g/mol. The van der Waals surface area contributed by atoms with Gasteiger partial charge in [-0.15, -0.1) is 0 Å². The molecule has 0 radical (unpaired) electrons. The van der Waals surface area contributed by atoms with Crippen LogP contribution in [0.5, 0.6) is 11.5 Å². The van der Waals surface area contributed by atoms with Crippen LogP contribution in [-0.4, -0.2) is 54.5 Å². The first-order chi connectivity index (χ1) is 17.3. The number of alkyl halides is 3. The summed E-state index contributed by atoms with van der Waals surface area (Å²) in [6, 6.07) is 15.0. The number of benzene rings is 2. The number of methoxy groups -OCH3 is 1. The van der Waals surface area contributed by atoms with Gasteiger partial charge in [0.2, 0.25) is 5.82 Å². The van der Waals surface area contributed by atoms with Crippen LogP contribution >= 0.6 is 0 Å². The molecule has 1 N–H and O–H groups in total. The van der Waals surface area contributed by atoms with Crippen LogP contribution in [0, 0.1) is 0 Å². The van der Waals surface area contributed by atoms with E-state index >= 15 is 0 Å². The zero-order chi connectivity index (χ0) is 25.5. The molecule has 0 aliphatic carbocycles. The van der Waals surface area contributed by atoms with Crippen molar-refractivity contribution in [3.63, 3.8) is 0 Å². The van der Waals surface area contributed by atoms with Crippen molar-refractivity contribution in [3.05, 3.63) is 66.2 Å². The van der Waals surface area contributed by atoms with E-state index in [1.165, 1.54) is 12.1 Å². The van der Waals surface area contributed by atoms with E-state index in [1.807, 2.05) is 18.2 Å². The Morgan fingerprint density at radius 3 is 2.50 bits per heavy atom. The van der Waals surface area contributed by atoms with Gasteiger partial charge in [0.1, 0.15) is 30.4 Å². The molecule has 9 nitrogen and oxygen atoms in total. The number of nitrogens with one attached hydrogen (secondary N) is 1. The predicted octanol–water partition coefficient (Wildman–Crippen LogP) is 4.14. The molecular weight excluding hydrogens is 481 g/mol. The van der Waals surface area contributed by atoms with Crippen molar-refractivity contribution in [2.75, 3.05) is 33.5 Å². The zero-order valence-electron chi connectivity index (χ0n) is 19.0. The van der Waals surface area contributed by atoms with Gasteiger partial charge in [0.05, 0.1) is 18.7 Å². The Hall–Kier alpha value is -4.19. The number of carbonyl (C=O) groups is 1. The number of para-hydroxylation sites is 1. The minimum absolute atomic E-state index is 0.149. The molecule has 2 heterocycles. The first kappa shape index (κ1) is 24.9. The summed E-state index contributed by atoms with van der Waals surface area (Å²) >= 11 is 0. The highest BCUT2D eigenvalue weighted by Crippen LogP contribution is 2.30. The highest BCUT2D eigenvalue weighted by Gasteiger charge is 2.38. The molecule has 0 saturated heterocycles. The second-order valence-corrected chi connectivity index (χ2v) is 7.41. The van der Waals surface area contributed by atoms with Crippen LogP contribution in [0.25, 0.3) is 22.3 Å². The van der Waals surface area contributed by atoms with Crippen molar-refractivity contribution < 1.29 is 36.7 Å². The number of carbonyl (C=O) groups excluding carboxylic acids is 1. The van der Waals surface area contributed by atoms with Crippen LogP contribution < -0.4 is 14.8 Å². The maximum absolute atomic E-state index is 12.6. The van der Waals surface area contributed by atoms with E-state index in [9.17, 15) is 18.0 Å². The summed E-state index contributed by atoms with van der Waals surface area (Å²) in [5.41, 5.74) is 1.16. The molecule has 2 aromatic heterocycles. The lowest BCUT2D eigenvalue weighted by atomic mass is 10.1. The van der Waals surface area contributed by atoms with Crippen LogP contribution in [-0.2, 0) is 10.9 Å². The molecule has 1 amide bonds. The fraction of sp³-hybridized carbons (Fsp3) is 0.250. The van der Waals surface area contributed by atoms with Crippen molar-refractivity contribution in [3.8, 4) is 22.9 Å². The van der Waals surface area contributed by atoms with Crippen molar-refractivity contribution in [1.82, 2.24) is 20.4 Å². The number of halogens is 3. The van der Waals surface area contributed by atoms with E-state index < -0.39 is 18.0 Å². The summed E-state index contributed by atoms with van der Waals surface area (Å²) < 4.78 is 58.4. The number of fused-ring (bicyclic) bond motifs is 1. The number of nitrogens with zero attached hydrogens (tertiary/aromatic N) is 3. The average Bonchev–Trinajstić information content (AvgIpc) is 3.38. The molecule has 188 valence electrons. The highest BCUT2D eigenvalue weighted by molar-refractivity contribution is 5.97. The summed E-state index contributed by atoms with van der Waals surface area (Å²) in [6.07, 6.45) is -4.71. The van der Waals surface area contributed by atoms with Crippen LogP contribution in [0.15, 0.2) is 59.1 Å². The third-order valence-corrected chi connectivity index (χ3v) is 4.89. The third-order valence-electron chi connectivity index (χ3n) is 4.89. The van der Waals surface area contributed by atoms with Gasteiger partial charge in [-0.2, -0.15) is 18.2 Å². The van der Waals surface area contributed by atoms with Gasteiger partial charge in [-0.1, -0.05) is 17.3 Å². The first-order valence-corrected chi connectivity index (χ1v) is 10.8. The minimum Gasteiger partial charge on any atom is -0.492 e. The molecule has 4 rings (SSSR count). The Labute approximate surface area is 203 Å². The molecule has 4 aromatic rings. The van der Waals surface area contributed by atoms with Gasteiger partial charge in [0.25, 0.3) is 5.91 Å². The molecule has 0 unspecified atom stereocenters. The number of aromatic nitrogens is 3. The molecule has 0 saturated carbocycles. The lowest BCUT2D eigenvalue weighted by molar-refractivity contribution is -0.159. The van der Waals surface area contributed by atoms with Gasteiger partial charge >= 0.3 is 12.1 Å². The second kappa shape index (κ2) is 11.0. The molecule has 0 fully saturated rings. The molecule has 0 aliphatic heterocycles. The van der Waals surface area contributed by atoms with E-state index in [0.29, 0.717) is 35.8 Å². The molecule has 0 bridgehead atoms. The first-order valence-electron chi connectivity index (χ1n) is 10.8. The van der Waals surface area contributed by atoms with E-state index in [2.05, 4.69) is 25.0 Å². The lowest BCUT2D eigenvalue weighted by Crippen LogP contribution is -2.28. The SMILES string of the molecule is COCCOc1cc(C(=O)NCCOc2ccc(-c3noc(C(F)(F)F)n3)cc2)nc2ccccc12. The maximum atomic E-state index is 12.6. The number of rotatable bonds is 10. The molecular formula is C24H21F3N4O5. The highest BCUT2D eigenvalue weighted by atomic mass is 19.4. The number of pyridine rings is 1. The van der Waals surface area contributed by atoms with E-state index in [1.54, 1.807) is 31.4 Å². The standard InChI is InChI=1S/C24H21F3N4O5/c1-33-12-13-35-20-14-19(29-18-5-3-2-4-17(18)20)22(32)28-10-11-34-16-8-6-15(7-9-16)21-30-23(36-31-21)24(25,26)27/h2-9,14H,10-13H2,1H3,(H,28,32). The van der Waals surface area contributed by atoms with E-state index in [-0.39, 0.29) is 24.7 Å². The molecule has 0 atom stereocenters. The largest absolute Gasteiger partial charge is 0.492 e. The Balaban J connectivity index is 1.32.